The van der Waals surface area contributed by atoms with E-state index in [0.29, 0.717) is 16.0 Å². The number of imidazole rings is 1. The van der Waals surface area contributed by atoms with Crippen molar-refractivity contribution in [3.8, 4) is 17.1 Å². The van der Waals surface area contributed by atoms with Gasteiger partial charge in [-0.25, -0.2) is 4.98 Å². The van der Waals surface area contributed by atoms with Gasteiger partial charge in [0.15, 0.2) is 0 Å². The van der Waals surface area contributed by atoms with Gasteiger partial charge in [-0.2, -0.15) is 0 Å². The van der Waals surface area contributed by atoms with E-state index in [4.69, 9.17) is 0 Å². The molecule has 1 aromatic carbocycles. The van der Waals surface area contributed by atoms with Crippen molar-refractivity contribution in [1.82, 2.24) is 9.55 Å². The summed E-state index contributed by atoms with van der Waals surface area (Å²) < 4.78 is 2.64. The molecule has 18 heavy (non-hydrogen) atoms. The molecule has 1 unspecified atom stereocenters. The van der Waals surface area contributed by atoms with Crippen LogP contribution in [0.15, 0.2) is 28.9 Å². The van der Waals surface area contributed by atoms with Crippen LogP contribution in [0.2, 0.25) is 0 Å². The van der Waals surface area contributed by atoms with Gasteiger partial charge in [-0.15, -0.1) is 0 Å². The molecule has 0 amide bonds. The van der Waals surface area contributed by atoms with E-state index in [-0.39, 0.29) is 5.75 Å². The fraction of sp³-hybridized carbons (Fsp3) is 0.308. The van der Waals surface area contributed by atoms with Gasteiger partial charge in [0.2, 0.25) is 0 Å². The highest BCUT2D eigenvalue weighted by molar-refractivity contribution is 9.10. The molecule has 0 saturated heterocycles. The van der Waals surface area contributed by atoms with Gasteiger partial charge in [0, 0.05) is 6.54 Å². The van der Waals surface area contributed by atoms with E-state index in [1.165, 1.54) is 0 Å². The number of para-hydroxylation sites is 1. The summed E-state index contributed by atoms with van der Waals surface area (Å²) in [7, 11) is 0. The Kier molecular flexibility index (Phi) is 2.87. The Hall–Kier alpha value is -1.33. The third-order valence-electron chi connectivity index (χ3n) is 3.28. The molecule has 0 bridgehead atoms. The van der Waals surface area contributed by atoms with E-state index in [2.05, 4.69) is 20.9 Å². The third-order valence-corrected chi connectivity index (χ3v) is 3.87. The molecule has 0 radical (unpaired) electrons. The second-order valence-electron chi connectivity index (χ2n) is 4.44. The van der Waals surface area contributed by atoms with Gasteiger partial charge in [-0.05, 0) is 40.9 Å². The average molecular weight is 309 g/mol. The van der Waals surface area contributed by atoms with Crippen LogP contribution in [-0.4, -0.2) is 19.8 Å². The highest BCUT2D eigenvalue weighted by Gasteiger charge is 2.26. The maximum atomic E-state index is 10.0. The predicted molar refractivity (Wildman–Crippen MR) is 71.2 cm³/mol. The van der Waals surface area contributed by atoms with Crippen LogP contribution in [0.4, 0.5) is 0 Å². The smallest absolute Gasteiger partial charge is 0.145 e. The standard InChI is InChI=1S/C13H13BrN2O2/c14-12-11-10(18)6-3-7-16(11)13(15-12)8-4-1-2-5-9(8)17/h1-2,4-5,10,17-18H,3,6-7H2. The molecule has 0 spiro atoms. The van der Waals surface area contributed by atoms with Crippen molar-refractivity contribution in [3.63, 3.8) is 0 Å². The number of aromatic nitrogens is 2. The van der Waals surface area contributed by atoms with E-state index in [9.17, 15) is 10.2 Å². The van der Waals surface area contributed by atoms with E-state index >= 15 is 0 Å². The number of nitrogens with zero attached hydrogens (tertiary/aromatic N) is 2. The zero-order chi connectivity index (χ0) is 12.7. The molecule has 3 rings (SSSR count). The highest BCUT2D eigenvalue weighted by Crippen LogP contribution is 2.37. The minimum Gasteiger partial charge on any atom is -0.507 e. The van der Waals surface area contributed by atoms with Crippen LogP contribution in [0.25, 0.3) is 11.4 Å². The third kappa shape index (κ3) is 1.74. The van der Waals surface area contributed by atoms with E-state index < -0.39 is 6.10 Å². The molecule has 4 nitrogen and oxygen atoms in total. The maximum Gasteiger partial charge on any atom is 0.145 e. The molecule has 1 atom stereocenters. The van der Waals surface area contributed by atoms with Crippen molar-refractivity contribution in [2.24, 2.45) is 0 Å². The molecule has 2 heterocycles. The van der Waals surface area contributed by atoms with Crippen LogP contribution < -0.4 is 0 Å². The average Bonchev–Trinajstić information content (AvgIpc) is 2.69. The molecule has 0 fully saturated rings. The molecule has 1 aliphatic rings. The van der Waals surface area contributed by atoms with Gasteiger partial charge in [-0.3, -0.25) is 0 Å². The minimum atomic E-state index is -0.486. The Labute approximate surface area is 113 Å². The molecule has 2 N–H and O–H groups in total. The summed E-state index contributed by atoms with van der Waals surface area (Å²) in [5.41, 5.74) is 1.50. The molecule has 94 valence electrons. The fourth-order valence-corrected chi connectivity index (χ4v) is 3.07. The quantitative estimate of drug-likeness (QED) is 0.851. The lowest BCUT2D eigenvalue weighted by Crippen LogP contribution is -2.15. The number of rotatable bonds is 1. The molecular weight excluding hydrogens is 296 g/mol. The summed E-state index contributed by atoms with van der Waals surface area (Å²) in [5, 5.41) is 19.9. The Morgan fingerprint density at radius 2 is 2.11 bits per heavy atom. The molecule has 1 aromatic heterocycles. The van der Waals surface area contributed by atoms with Gasteiger partial charge in [-0.1, -0.05) is 12.1 Å². The normalized spacial score (nSPS) is 18.7. The summed E-state index contributed by atoms with van der Waals surface area (Å²) in [5.74, 6) is 0.909. The second kappa shape index (κ2) is 4.40. The summed E-state index contributed by atoms with van der Waals surface area (Å²) in [6.45, 7) is 0.814. The number of hydrogen-bond acceptors (Lipinski definition) is 3. The summed E-state index contributed by atoms with van der Waals surface area (Å²) >= 11 is 3.39. The van der Waals surface area contributed by atoms with Gasteiger partial charge >= 0.3 is 0 Å². The van der Waals surface area contributed by atoms with Crippen molar-refractivity contribution < 1.29 is 10.2 Å². The van der Waals surface area contributed by atoms with Crippen molar-refractivity contribution in [3.05, 3.63) is 34.6 Å². The Morgan fingerprint density at radius 1 is 1.33 bits per heavy atom. The van der Waals surface area contributed by atoms with Crippen LogP contribution in [0, 0.1) is 0 Å². The van der Waals surface area contributed by atoms with Crippen LogP contribution in [0.5, 0.6) is 5.75 Å². The number of phenolic OH excluding ortho intramolecular Hbond substituents is 1. The fourth-order valence-electron chi connectivity index (χ4n) is 2.43. The number of hydrogen-bond donors (Lipinski definition) is 2. The summed E-state index contributed by atoms with van der Waals surface area (Å²) in [6.07, 6.45) is 1.18. The van der Waals surface area contributed by atoms with E-state index in [1.54, 1.807) is 12.1 Å². The summed E-state index contributed by atoms with van der Waals surface area (Å²) in [4.78, 5) is 4.43. The second-order valence-corrected chi connectivity index (χ2v) is 5.19. The number of benzene rings is 1. The van der Waals surface area contributed by atoms with Crippen LogP contribution in [0.1, 0.15) is 24.6 Å². The Morgan fingerprint density at radius 3 is 2.89 bits per heavy atom. The molecule has 5 heteroatoms. The predicted octanol–water partition coefficient (Wildman–Crippen LogP) is 2.85. The first kappa shape index (κ1) is 11.7. The Balaban J connectivity index is 2.20. The van der Waals surface area contributed by atoms with E-state index in [1.807, 2.05) is 16.7 Å². The molecular formula is C13H13BrN2O2. The van der Waals surface area contributed by atoms with Crippen LogP contribution >= 0.6 is 15.9 Å². The van der Waals surface area contributed by atoms with Crippen molar-refractivity contribution in [2.45, 2.75) is 25.5 Å². The monoisotopic (exact) mass is 308 g/mol. The highest BCUT2D eigenvalue weighted by atomic mass is 79.9. The van der Waals surface area contributed by atoms with Gasteiger partial charge in [0.05, 0.1) is 17.4 Å². The van der Waals surface area contributed by atoms with Crippen LogP contribution in [0.3, 0.4) is 0 Å². The first-order valence-corrected chi connectivity index (χ1v) is 6.70. The maximum absolute atomic E-state index is 10.0. The van der Waals surface area contributed by atoms with Crippen molar-refractivity contribution in [2.75, 3.05) is 0 Å². The zero-order valence-corrected chi connectivity index (χ0v) is 11.3. The number of aliphatic hydroxyl groups is 1. The Bertz CT molecular complexity index is 595. The summed E-state index contributed by atoms with van der Waals surface area (Å²) in [6, 6.07) is 7.12. The lowest BCUT2D eigenvalue weighted by Gasteiger charge is -2.21. The topological polar surface area (TPSA) is 58.3 Å². The largest absolute Gasteiger partial charge is 0.507 e. The zero-order valence-electron chi connectivity index (χ0n) is 9.67. The first-order valence-electron chi connectivity index (χ1n) is 5.91. The van der Waals surface area contributed by atoms with Crippen LogP contribution in [-0.2, 0) is 6.54 Å². The van der Waals surface area contributed by atoms with Gasteiger partial charge in [0.25, 0.3) is 0 Å². The lowest BCUT2D eigenvalue weighted by molar-refractivity contribution is 0.138. The van der Waals surface area contributed by atoms with Gasteiger partial charge < -0.3 is 14.8 Å². The number of aliphatic hydroxyl groups excluding tert-OH is 1. The van der Waals surface area contributed by atoms with Crippen molar-refractivity contribution in [1.29, 1.82) is 0 Å². The number of halogens is 1. The number of fused-ring (bicyclic) bond motifs is 1. The number of phenols is 1. The molecule has 0 saturated carbocycles. The first-order chi connectivity index (χ1) is 8.68. The molecule has 0 aliphatic carbocycles. The SMILES string of the molecule is Oc1ccccc1-c1nc(Br)c2n1CCCC2O. The number of aromatic hydroxyl groups is 1. The van der Waals surface area contributed by atoms with Gasteiger partial charge in [0.1, 0.15) is 16.2 Å². The molecule has 2 aromatic rings. The lowest BCUT2D eigenvalue weighted by atomic mass is 10.1. The van der Waals surface area contributed by atoms with Crippen molar-refractivity contribution >= 4 is 15.9 Å². The van der Waals surface area contributed by atoms with E-state index in [0.717, 1.165) is 25.1 Å². The molecule has 1 aliphatic heterocycles. The minimum absolute atomic E-state index is 0.206.